The summed E-state index contributed by atoms with van der Waals surface area (Å²) in [6.45, 7) is 2.62. The van der Waals surface area contributed by atoms with E-state index in [1.807, 2.05) is 24.3 Å². The zero-order valence-electron chi connectivity index (χ0n) is 21.5. The van der Waals surface area contributed by atoms with Crippen LogP contribution in [-0.2, 0) is 12.0 Å². The largest absolute Gasteiger partial charge is 0.487 e. The molecule has 0 spiro atoms. The second-order valence-corrected chi connectivity index (χ2v) is 10.4. The fourth-order valence-electron chi connectivity index (χ4n) is 6.05. The van der Waals surface area contributed by atoms with Crippen molar-refractivity contribution in [2.75, 3.05) is 0 Å². The molecule has 0 atom stereocenters. The van der Waals surface area contributed by atoms with E-state index in [9.17, 15) is 4.39 Å². The van der Waals surface area contributed by atoms with Crippen LogP contribution in [0.3, 0.4) is 0 Å². The highest BCUT2D eigenvalue weighted by molar-refractivity contribution is 5.78. The summed E-state index contributed by atoms with van der Waals surface area (Å²) >= 11 is 0. The Kier molecular flexibility index (Phi) is 5.58. The Morgan fingerprint density at radius 3 is 2.67 bits per heavy atom. The number of fused-ring (bicyclic) bond motifs is 2. The third-order valence-electron chi connectivity index (χ3n) is 7.78. The van der Waals surface area contributed by atoms with Crippen molar-refractivity contribution in [3.05, 3.63) is 120 Å². The molecule has 1 fully saturated rings. The van der Waals surface area contributed by atoms with Crippen molar-refractivity contribution in [1.29, 1.82) is 0 Å². The van der Waals surface area contributed by atoms with Crippen molar-refractivity contribution < 1.29 is 9.13 Å². The first kappa shape index (κ1) is 23.5. The van der Waals surface area contributed by atoms with E-state index in [0.717, 1.165) is 46.4 Å². The maximum absolute atomic E-state index is 13.6. The number of rotatable bonds is 6. The molecule has 3 heterocycles. The first-order chi connectivity index (χ1) is 19.1. The average molecular weight is 516 g/mol. The number of hydrogen-bond acceptors (Lipinski definition) is 5. The van der Waals surface area contributed by atoms with Crippen molar-refractivity contribution >= 4 is 16.7 Å². The first-order valence-electron chi connectivity index (χ1n) is 13.1. The van der Waals surface area contributed by atoms with Crippen LogP contribution in [0.2, 0.25) is 0 Å². The standard InChI is InChI=1S/C32H26FN5O/c1-21-17-32(18-21,23-5-3-2-4-6-23)28-16-26(10-11-27(28)30-13-14-34-31-35-20-36-38(30)31)39-19-25-9-7-22-15-24(33)8-12-29(22)37-25/h2-16,20-21H,17-19H2,1H3. The van der Waals surface area contributed by atoms with Crippen LogP contribution in [0, 0.1) is 11.7 Å². The molecule has 0 amide bonds. The summed E-state index contributed by atoms with van der Waals surface area (Å²) in [7, 11) is 0. The highest BCUT2D eigenvalue weighted by atomic mass is 19.1. The summed E-state index contributed by atoms with van der Waals surface area (Å²) in [4.78, 5) is 13.3. The van der Waals surface area contributed by atoms with Crippen molar-refractivity contribution in [3.63, 3.8) is 0 Å². The third kappa shape index (κ3) is 4.11. The smallest absolute Gasteiger partial charge is 0.252 e. The first-order valence-corrected chi connectivity index (χ1v) is 13.1. The van der Waals surface area contributed by atoms with Crippen molar-refractivity contribution in [1.82, 2.24) is 24.6 Å². The molecule has 3 aromatic heterocycles. The van der Waals surface area contributed by atoms with Gasteiger partial charge in [-0.25, -0.2) is 14.4 Å². The van der Waals surface area contributed by atoms with Gasteiger partial charge in [0.15, 0.2) is 0 Å². The predicted octanol–water partition coefficient (Wildman–Crippen LogP) is 6.77. The Hall–Kier alpha value is -4.65. The molecule has 0 saturated heterocycles. The molecule has 1 aliphatic carbocycles. The molecule has 192 valence electrons. The number of pyridine rings is 1. The quantitative estimate of drug-likeness (QED) is 0.245. The molecule has 7 heteroatoms. The van der Waals surface area contributed by atoms with Crippen LogP contribution in [0.25, 0.3) is 27.9 Å². The highest BCUT2D eigenvalue weighted by Crippen LogP contribution is 2.55. The molecule has 0 unspecified atom stereocenters. The van der Waals surface area contributed by atoms with Crippen molar-refractivity contribution in [3.8, 4) is 17.0 Å². The summed E-state index contributed by atoms with van der Waals surface area (Å²) in [6.07, 6.45) is 5.40. The fraction of sp³-hybridized carbons (Fsp3) is 0.188. The molecule has 3 aromatic carbocycles. The van der Waals surface area contributed by atoms with Crippen LogP contribution in [0.1, 0.15) is 36.6 Å². The van der Waals surface area contributed by atoms with Crippen LogP contribution in [0.4, 0.5) is 4.39 Å². The summed E-state index contributed by atoms with van der Waals surface area (Å²) in [5.74, 6) is 1.68. The van der Waals surface area contributed by atoms with Crippen LogP contribution in [0.15, 0.2) is 97.5 Å². The van der Waals surface area contributed by atoms with E-state index in [-0.39, 0.29) is 11.2 Å². The summed E-state index contributed by atoms with van der Waals surface area (Å²) in [6, 6.07) is 27.4. The topological polar surface area (TPSA) is 65.2 Å². The van der Waals surface area contributed by atoms with Gasteiger partial charge in [0, 0.05) is 22.6 Å². The van der Waals surface area contributed by atoms with Gasteiger partial charge in [-0.15, -0.1) is 0 Å². The van der Waals surface area contributed by atoms with Gasteiger partial charge in [-0.3, -0.25) is 0 Å². The van der Waals surface area contributed by atoms with E-state index in [1.54, 1.807) is 16.8 Å². The minimum Gasteiger partial charge on any atom is -0.487 e. The van der Waals surface area contributed by atoms with Gasteiger partial charge in [-0.1, -0.05) is 43.3 Å². The lowest BCUT2D eigenvalue weighted by atomic mass is 9.55. The number of ether oxygens (including phenoxy) is 1. The van der Waals surface area contributed by atoms with Crippen LogP contribution < -0.4 is 4.74 Å². The highest BCUT2D eigenvalue weighted by Gasteiger charge is 2.46. The molecular formula is C32H26FN5O. The lowest BCUT2D eigenvalue weighted by molar-refractivity contribution is 0.200. The number of hydrogen-bond donors (Lipinski definition) is 0. The van der Waals surface area contributed by atoms with E-state index >= 15 is 0 Å². The SMILES string of the molecule is CC1CC(c2ccccc2)(c2cc(OCc3ccc4cc(F)ccc4n3)ccc2-c2ccnc3ncnn23)C1. The van der Waals surface area contributed by atoms with Gasteiger partial charge in [0.2, 0.25) is 0 Å². The van der Waals surface area contributed by atoms with E-state index < -0.39 is 0 Å². The second kappa shape index (κ2) is 9.27. The summed E-state index contributed by atoms with van der Waals surface area (Å²) in [5.41, 5.74) is 5.92. The Labute approximate surface area is 225 Å². The Morgan fingerprint density at radius 2 is 1.82 bits per heavy atom. The number of nitrogens with zero attached hydrogens (tertiary/aromatic N) is 5. The summed E-state index contributed by atoms with van der Waals surface area (Å²) in [5, 5.41) is 5.23. The van der Waals surface area contributed by atoms with Crippen molar-refractivity contribution in [2.45, 2.75) is 31.8 Å². The number of aromatic nitrogens is 5. The van der Waals surface area contributed by atoms with Gasteiger partial charge in [-0.2, -0.15) is 14.6 Å². The zero-order chi connectivity index (χ0) is 26.4. The normalized spacial score (nSPS) is 18.8. The molecule has 7 rings (SSSR count). The van der Waals surface area contributed by atoms with Gasteiger partial charge in [-0.05, 0) is 78.4 Å². The molecule has 1 aliphatic rings. The predicted molar refractivity (Wildman–Crippen MR) is 148 cm³/mol. The minimum atomic E-state index is -0.268. The van der Waals surface area contributed by atoms with Gasteiger partial charge < -0.3 is 4.74 Å². The van der Waals surface area contributed by atoms with E-state index in [4.69, 9.17) is 4.74 Å². The molecule has 0 radical (unpaired) electrons. The molecule has 0 N–H and O–H groups in total. The zero-order valence-corrected chi connectivity index (χ0v) is 21.5. The Morgan fingerprint density at radius 1 is 0.949 bits per heavy atom. The maximum Gasteiger partial charge on any atom is 0.252 e. The molecule has 39 heavy (non-hydrogen) atoms. The fourth-order valence-corrected chi connectivity index (χ4v) is 6.05. The maximum atomic E-state index is 13.6. The van der Waals surface area contributed by atoms with Crippen LogP contribution >= 0.6 is 0 Å². The number of benzene rings is 3. The minimum absolute atomic E-state index is 0.142. The van der Waals surface area contributed by atoms with Gasteiger partial charge >= 0.3 is 0 Å². The molecule has 0 bridgehead atoms. The van der Waals surface area contributed by atoms with Gasteiger partial charge in [0.05, 0.1) is 16.9 Å². The summed E-state index contributed by atoms with van der Waals surface area (Å²) < 4.78 is 21.7. The molecule has 6 nitrogen and oxygen atoms in total. The second-order valence-electron chi connectivity index (χ2n) is 10.4. The Bertz CT molecular complexity index is 1810. The van der Waals surface area contributed by atoms with E-state index in [1.165, 1.54) is 29.6 Å². The van der Waals surface area contributed by atoms with Crippen LogP contribution in [-0.4, -0.2) is 24.6 Å². The van der Waals surface area contributed by atoms with E-state index in [0.29, 0.717) is 18.3 Å². The lowest BCUT2D eigenvalue weighted by Gasteiger charge is -2.48. The molecule has 0 aliphatic heterocycles. The average Bonchev–Trinajstić information content (AvgIpc) is 3.44. The lowest BCUT2D eigenvalue weighted by Crippen LogP contribution is -2.41. The van der Waals surface area contributed by atoms with Crippen molar-refractivity contribution in [2.24, 2.45) is 5.92 Å². The van der Waals surface area contributed by atoms with Gasteiger partial charge in [0.1, 0.15) is 24.5 Å². The number of halogens is 1. The van der Waals surface area contributed by atoms with Gasteiger partial charge in [0.25, 0.3) is 5.78 Å². The molecular weight excluding hydrogens is 489 g/mol. The van der Waals surface area contributed by atoms with E-state index in [2.05, 4.69) is 69.4 Å². The molecule has 6 aromatic rings. The van der Waals surface area contributed by atoms with Crippen LogP contribution in [0.5, 0.6) is 5.75 Å². The Balaban J connectivity index is 1.31. The molecule has 1 saturated carbocycles. The third-order valence-corrected chi connectivity index (χ3v) is 7.78. The monoisotopic (exact) mass is 515 g/mol.